The highest BCUT2D eigenvalue weighted by Gasteiger charge is 2.34. The lowest BCUT2D eigenvalue weighted by Crippen LogP contribution is -2.45. The fourth-order valence-electron chi connectivity index (χ4n) is 2.50. The number of ether oxygens (including phenoxy) is 1. The van der Waals surface area contributed by atoms with Crippen molar-refractivity contribution in [3.8, 4) is 5.75 Å². The summed E-state index contributed by atoms with van der Waals surface area (Å²) >= 11 is 0. The minimum Gasteiger partial charge on any atom is -0.491 e. The third-order valence-corrected chi connectivity index (χ3v) is 4.05. The van der Waals surface area contributed by atoms with Gasteiger partial charge in [-0.3, -0.25) is 0 Å². The van der Waals surface area contributed by atoms with Crippen molar-refractivity contribution >= 4 is 0 Å². The normalized spacial score (nSPS) is 14.3. The van der Waals surface area contributed by atoms with Crippen molar-refractivity contribution in [3.63, 3.8) is 0 Å². The van der Waals surface area contributed by atoms with E-state index in [1.54, 1.807) is 13.1 Å². The molecule has 1 unspecified atom stereocenters. The maximum atomic E-state index is 13.0. The number of benzene rings is 2. The van der Waals surface area contributed by atoms with E-state index in [0.29, 0.717) is 17.7 Å². The molecular weight excluding hydrogens is 303 g/mol. The van der Waals surface area contributed by atoms with Crippen LogP contribution in [-0.4, -0.2) is 13.7 Å². The van der Waals surface area contributed by atoms with Gasteiger partial charge in [0.05, 0.1) is 11.1 Å². The fraction of sp³-hybridized carbons (Fsp3) is 0.333. The molecule has 0 radical (unpaired) electrons. The first-order chi connectivity index (χ1) is 10.9. The molecule has 1 N–H and O–H groups in total. The van der Waals surface area contributed by atoms with Crippen LogP contribution in [-0.2, 0) is 11.7 Å². The maximum absolute atomic E-state index is 13.0. The van der Waals surface area contributed by atoms with Crippen LogP contribution >= 0.6 is 0 Å². The Kier molecular flexibility index (Phi) is 5.31. The first kappa shape index (κ1) is 17.3. The summed E-state index contributed by atoms with van der Waals surface area (Å²) in [5.74, 6) is 0.688. The number of alkyl halides is 3. The van der Waals surface area contributed by atoms with Gasteiger partial charge in [-0.15, -0.1) is 0 Å². The summed E-state index contributed by atoms with van der Waals surface area (Å²) in [4.78, 5) is 0. The molecule has 23 heavy (non-hydrogen) atoms. The summed E-state index contributed by atoms with van der Waals surface area (Å²) in [6.07, 6.45) is -3.76. The Morgan fingerprint density at radius 2 is 1.61 bits per heavy atom. The predicted octanol–water partition coefficient (Wildman–Crippen LogP) is 4.61. The molecule has 0 heterocycles. The SMILES string of the molecule is CCC(COc1ccccc1)(NC)c1cccc(C(F)(F)F)c1. The lowest BCUT2D eigenvalue weighted by molar-refractivity contribution is -0.137. The maximum Gasteiger partial charge on any atom is 0.416 e. The van der Waals surface area contributed by atoms with Crippen molar-refractivity contribution in [2.24, 2.45) is 0 Å². The molecule has 0 aromatic heterocycles. The van der Waals surface area contributed by atoms with E-state index in [9.17, 15) is 13.2 Å². The highest BCUT2D eigenvalue weighted by molar-refractivity contribution is 5.32. The molecule has 0 spiro atoms. The standard InChI is InChI=1S/C18H20F3NO/c1-3-17(22-2,13-23-16-10-5-4-6-11-16)14-8-7-9-15(12-14)18(19,20)21/h4-12,22H,3,13H2,1-2H3. The Morgan fingerprint density at radius 3 is 2.17 bits per heavy atom. The van der Waals surface area contributed by atoms with E-state index in [2.05, 4.69) is 5.32 Å². The van der Waals surface area contributed by atoms with Crippen molar-refractivity contribution < 1.29 is 17.9 Å². The molecule has 2 aromatic rings. The topological polar surface area (TPSA) is 21.3 Å². The van der Waals surface area contributed by atoms with Gasteiger partial charge in [0.25, 0.3) is 0 Å². The van der Waals surface area contributed by atoms with Crippen LogP contribution in [0.3, 0.4) is 0 Å². The minimum absolute atomic E-state index is 0.241. The van der Waals surface area contributed by atoms with Crippen LogP contribution in [0.2, 0.25) is 0 Å². The van der Waals surface area contributed by atoms with E-state index in [-0.39, 0.29) is 6.61 Å². The summed E-state index contributed by atoms with van der Waals surface area (Å²) in [6, 6.07) is 14.6. The third-order valence-electron chi connectivity index (χ3n) is 4.05. The average Bonchev–Trinajstić information content (AvgIpc) is 2.57. The van der Waals surface area contributed by atoms with Crippen LogP contribution in [0.25, 0.3) is 0 Å². The quantitative estimate of drug-likeness (QED) is 0.838. The molecular formula is C18H20F3NO. The average molecular weight is 323 g/mol. The zero-order valence-corrected chi connectivity index (χ0v) is 13.2. The van der Waals surface area contributed by atoms with E-state index >= 15 is 0 Å². The van der Waals surface area contributed by atoms with Crippen LogP contribution in [0, 0.1) is 0 Å². The van der Waals surface area contributed by atoms with Crippen molar-refractivity contribution in [3.05, 3.63) is 65.7 Å². The number of likely N-dealkylation sites (N-methyl/N-ethyl adjacent to an activating group) is 1. The first-order valence-electron chi connectivity index (χ1n) is 7.46. The fourth-order valence-corrected chi connectivity index (χ4v) is 2.50. The van der Waals surface area contributed by atoms with E-state index in [1.807, 2.05) is 37.3 Å². The number of nitrogens with one attached hydrogen (secondary N) is 1. The number of rotatable bonds is 6. The third kappa shape index (κ3) is 4.05. The number of para-hydroxylation sites is 1. The highest BCUT2D eigenvalue weighted by atomic mass is 19.4. The smallest absolute Gasteiger partial charge is 0.416 e. The van der Waals surface area contributed by atoms with Crippen molar-refractivity contribution in [2.45, 2.75) is 25.1 Å². The Balaban J connectivity index is 2.29. The van der Waals surface area contributed by atoms with E-state index in [4.69, 9.17) is 4.74 Å². The predicted molar refractivity (Wildman–Crippen MR) is 84.4 cm³/mol. The summed E-state index contributed by atoms with van der Waals surface area (Å²) in [5.41, 5.74) is -0.770. The Hall–Kier alpha value is -2.01. The second kappa shape index (κ2) is 7.04. The summed E-state index contributed by atoms with van der Waals surface area (Å²) in [6.45, 7) is 2.16. The van der Waals surface area contributed by atoms with Crippen LogP contribution in [0.4, 0.5) is 13.2 Å². The molecule has 2 nitrogen and oxygen atoms in total. The highest BCUT2D eigenvalue weighted by Crippen LogP contribution is 2.33. The summed E-state index contributed by atoms with van der Waals surface area (Å²) in [5, 5.41) is 3.14. The van der Waals surface area contributed by atoms with Gasteiger partial charge in [-0.1, -0.05) is 37.3 Å². The van der Waals surface area contributed by atoms with E-state index < -0.39 is 17.3 Å². The lowest BCUT2D eigenvalue weighted by atomic mass is 9.87. The Labute approximate surface area is 134 Å². The van der Waals surface area contributed by atoms with Gasteiger partial charge in [-0.05, 0) is 43.3 Å². The minimum atomic E-state index is -4.36. The van der Waals surface area contributed by atoms with Gasteiger partial charge in [0.15, 0.2) is 0 Å². The Morgan fingerprint density at radius 1 is 0.957 bits per heavy atom. The molecule has 0 aliphatic rings. The van der Waals surface area contributed by atoms with E-state index in [1.165, 1.54) is 12.1 Å². The molecule has 0 saturated carbocycles. The van der Waals surface area contributed by atoms with Gasteiger partial charge in [-0.2, -0.15) is 13.2 Å². The second-order valence-corrected chi connectivity index (χ2v) is 5.37. The number of halogens is 3. The molecule has 0 saturated heterocycles. The first-order valence-corrected chi connectivity index (χ1v) is 7.46. The van der Waals surface area contributed by atoms with Gasteiger partial charge in [0.2, 0.25) is 0 Å². The van der Waals surface area contributed by atoms with Crippen LogP contribution in [0.5, 0.6) is 5.75 Å². The molecule has 2 aromatic carbocycles. The summed E-state index contributed by atoms with van der Waals surface area (Å²) in [7, 11) is 1.73. The largest absolute Gasteiger partial charge is 0.491 e. The van der Waals surface area contributed by atoms with Gasteiger partial charge < -0.3 is 10.1 Å². The van der Waals surface area contributed by atoms with Gasteiger partial charge >= 0.3 is 6.18 Å². The Bertz CT molecular complexity index is 622. The van der Waals surface area contributed by atoms with Crippen LogP contribution in [0.1, 0.15) is 24.5 Å². The van der Waals surface area contributed by atoms with Gasteiger partial charge in [0.1, 0.15) is 12.4 Å². The summed E-state index contributed by atoms with van der Waals surface area (Å²) < 4.78 is 44.7. The van der Waals surface area contributed by atoms with Gasteiger partial charge in [-0.25, -0.2) is 0 Å². The molecule has 0 fully saturated rings. The van der Waals surface area contributed by atoms with Crippen LogP contribution < -0.4 is 10.1 Å². The van der Waals surface area contributed by atoms with Crippen molar-refractivity contribution in [2.75, 3.05) is 13.7 Å². The van der Waals surface area contributed by atoms with Crippen LogP contribution in [0.15, 0.2) is 54.6 Å². The monoisotopic (exact) mass is 323 g/mol. The molecule has 0 amide bonds. The van der Waals surface area contributed by atoms with E-state index in [0.717, 1.165) is 6.07 Å². The molecule has 124 valence electrons. The second-order valence-electron chi connectivity index (χ2n) is 5.37. The lowest BCUT2D eigenvalue weighted by Gasteiger charge is -2.33. The molecule has 0 aliphatic heterocycles. The zero-order valence-electron chi connectivity index (χ0n) is 13.2. The van der Waals surface area contributed by atoms with Gasteiger partial charge in [0, 0.05) is 0 Å². The molecule has 2 rings (SSSR count). The molecule has 0 aliphatic carbocycles. The number of hydrogen-bond acceptors (Lipinski definition) is 2. The molecule has 1 atom stereocenters. The molecule has 0 bridgehead atoms. The molecule has 5 heteroatoms. The number of hydrogen-bond donors (Lipinski definition) is 1. The van der Waals surface area contributed by atoms with Crippen molar-refractivity contribution in [1.29, 1.82) is 0 Å². The van der Waals surface area contributed by atoms with Crippen molar-refractivity contribution in [1.82, 2.24) is 5.32 Å². The zero-order chi connectivity index (χ0) is 16.9.